The van der Waals surface area contributed by atoms with Gasteiger partial charge in [0.2, 0.25) is 5.82 Å². The van der Waals surface area contributed by atoms with Crippen LogP contribution in [0.15, 0.2) is 128 Å². The van der Waals surface area contributed by atoms with Crippen molar-refractivity contribution >= 4 is 15.9 Å². The number of aromatic nitrogens is 5. The highest BCUT2D eigenvalue weighted by Gasteiger charge is 2.41. The number of nitrogens with zero attached hydrogens (tertiary/aromatic N) is 4. The summed E-state index contributed by atoms with van der Waals surface area (Å²) in [5.74, 6) is 0.539. The summed E-state index contributed by atoms with van der Waals surface area (Å²) in [5.41, 5.74) is 6.53. The van der Waals surface area contributed by atoms with E-state index < -0.39 is 5.54 Å². The zero-order chi connectivity index (χ0) is 25.1. The van der Waals surface area contributed by atoms with E-state index in [0.717, 1.165) is 38.8 Å². The number of alkyl halides is 1. The van der Waals surface area contributed by atoms with Crippen LogP contribution in [0.1, 0.15) is 22.3 Å². The molecule has 0 aliphatic rings. The molecule has 6 heteroatoms. The first-order valence-corrected chi connectivity index (χ1v) is 13.2. The van der Waals surface area contributed by atoms with Crippen LogP contribution < -0.4 is 0 Å². The molecule has 6 rings (SSSR count). The fraction of sp³-hybridized carbons (Fsp3) is 0.0645. The number of aromatic amines is 1. The van der Waals surface area contributed by atoms with Crippen molar-refractivity contribution in [1.82, 2.24) is 25.2 Å². The van der Waals surface area contributed by atoms with Crippen molar-refractivity contribution in [3.63, 3.8) is 0 Å². The molecule has 0 atom stereocenters. The molecule has 0 spiro atoms. The third-order valence-corrected chi connectivity index (χ3v) is 7.33. The van der Waals surface area contributed by atoms with Crippen LogP contribution in [-0.4, -0.2) is 25.2 Å². The van der Waals surface area contributed by atoms with Crippen molar-refractivity contribution in [2.24, 2.45) is 0 Å². The van der Waals surface area contributed by atoms with Crippen LogP contribution in [0, 0.1) is 0 Å². The van der Waals surface area contributed by atoms with Crippen molar-refractivity contribution in [2.45, 2.75) is 10.9 Å². The van der Waals surface area contributed by atoms with Crippen molar-refractivity contribution in [1.29, 1.82) is 0 Å². The zero-order valence-corrected chi connectivity index (χ0v) is 21.6. The summed E-state index contributed by atoms with van der Waals surface area (Å²) >= 11 is 3.52. The lowest BCUT2D eigenvalue weighted by Gasteiger charge is -2.34. The minimum absolute atomic E-state index is 0.539. The molecule has 0 bridgehead atoms. The highest BCUT2D eigenvalue weighted by molar-refractivity contribution is 9.08. The van der Waals surface area contributed by atoms with E-state index in [1.165, 1.54) is 5.56 Å². The quantitative estimate of drug-likeness (QED) is 0.172. The molecule has 0 aliphatic heterocycles. The molecule has 0 saturated heterocycles. The summed E-state index contributed by atoms with van der Waals surface area (Å²) in [6.07, 6.45) is 1.92. The molecule has 0 unspecified atom stereocenters. The second-order valence-electron chi connectivity index (χ2n) is 8.81. The van der Waals surface area contributed by atoms with Crippen LogP contribution in [-0.2, 0) is 10.9 Å². The SMILES string of the molecule is BrCc1ccc(-c2cc[nH]c2-c2nnn(C(c3ccccc3)(c3ccccc3)c3ccccc3)n2)cc1. The summed E-state index contributed by atoms with van der Waals surface area (Å²) in [6, 6.07) is 41.6. The fourth-order valence-electron chi connectivity index (χ4n) is 4.91. The van der Waals surface area contributed by atoms with Crippen LogP contribution in [0.4, 0.5) is 0 Å². The maximum atomic E-state index is 5.03. The van der Waals surface area contributed by atoms with Gasteiger partial charge in [0, 0.05) is 17.1 Å². The standard InChI is InChI=1S/C31H24BrN5/c32-22-23-16-18-24(19-17-23)28-20-21-33-29(28)30-34-36-37(35-30)31(25-10-4-1-5-11-25,26-12-6-2-7-13-26)27-14-8-3-9-15-27/h1-21,33H,22H2. The highest BCUT2D eigenvalue weighted by atomic mass is 79.9. The topological polar surface area (TPSA) is 59.4 Å². The van der Waals surface area contributed by atoms with Crippen LogP contribution in [0.2, 0.25) is 0 Å². The summed E-state index contributed by atoms with van der Waals surface area (Å²) in [6.45, 7) is 0. The Morgan fingerprint density at radius 2 is 1.22 bits per heavy atom. The predicted molar refractivity (Wildman–Crippen MR) is 150 cm³/mol. The molecule has 0 amide bonds. The van der Waals surface area contributed by atoms with Gasteiger partial charge in [-0.05, 0) is 39.1 Å². The molecule has 6 aromatic rings. The van der Waals surface area contributed by atoms with E-state index in [1.807, 2.05) is 60.8 Å². The Labute approximate surface area is 224 Å². The predicted octanol–water partition coefficient (Wildman–Crippen LogP) is 7.07. The van der Waals surface area contributed by atoms with Crippen molar-refractivity contribution < 1.29 is 0 Å². The Hall–Kier alpha value is -4.29. The first kappa shape index (κ1) is 23.1. The lowest BCUT2D eigenvalue weighted by Crippen LogP contribution is -2.39. The van der Waals surface area contributed by atoms with Gasteiger partial charge in [0.15, 0.2) is 5.54 Å². The summed E-state index contributed by atoms with van der Waals surface area (Å²) < 4.78 is 0. The average molecular weight is 546 g/mol. The molecule has 0 saturated carbocycles. The van der Waals surface area contributed by atoms with E-state index >= 15 is 0 Å². The first-order valence-electron chi connectivity index (χ1n) is 12.1. The average Bonchev–Trinajstić information content (AvgIpc) is 3.66. The van der Waals surface area contributed by atoms with Crippen molar-refractivity contribution in [3.05, 3.63) is 150 Å². The fourth-order valence-corrected chi connectivity index (χ4v) is 5.28. The summed E-state index contributed by atoms with van der Waals surface area (Å²) in [7, 11) is 0. The van der Waals surface area contributed by atoms with Gasteiger partial charge < -0.3 is 4.98 Å². The molecule has 1 N–H and O–H groups in total. The highest BCUT2D eigenvalue weighted by Crippen LogP contribution is 2.40. The minimum atomic E-state index is -0.806. The molecule has 2 aromatic heterocycles. The number of hydrogen-bond donors (Lipinski definition) is 1. The van der Waals surface area contributed by atoms with Crippen molar-refractivity contribution in [2.75, 3.05) is 0 Å². The van der Waals surface area contributed by atoms with Gasteiger partial charge in [-0.3, -0.25) is 0 Å². The number of H-pyrrole nitrogens is 1. The normalized spacial score (nSPS) is 11.5. The Morgan fingerprint density at radius 3 is 1.73 bits per heavy atom. The Bertz CT molecular complexity index is 1490. The van der Waals surface area contributed by atoms with E-state index in [9.17, 15) is 0 Å². The maximum Gasteiger partial charge on any atom is 0.221 e. The molecule has 0 radical (unpaired) electrons. The van der Waals surface area contributed by atoms with E-state index in [-0.39, 0.29) is 0 Å². The first-order chi connectivity index (χ1) is 18.3. The largest absolute Gasteiger partial charge is 0.358 e. The summed E-state index contributed by atoms with van der Waals surface area (Å²) in [4.78, 5) is 5.10. The molecule has 0 aliphatic carbocycles. The molecule has 5 nitrogen and oxygen atoms in total. The third-order valence-electron chi connectivity index (χ3n) is 6.68. The molecule has 0 fully saturated rings. The molecule has 37 heavy (non-hydrogen) atoms. The van der Waals surface area contributed by atoms with Crippen LogP contribution in [0.25, 0.3) is 22.6 Å². The maximum absolute atomic E-state index is 5.03. The number of benzene rings is 4. The number of nitrogens with one attached hydrogen (secondary N) is 1. The Morgan fingerprint density at radius 1 is 0.676 bits per heavy atom. The second kappa shape index (κ2) is 9.99. The second-order valence-corrected chi connectivity index (χ2v) is 9.37. The molecule has 4 aromatic carbocycles. The van der Waals surface area contributed by atoms with Gasteiger partial charge in [0.1, 0.15) is 0 Å². The van der Waals surface area contributed by atoms with Gasteiger partial charge in [-0.1, -0.05) is 131 Å². The molecular weight excluding hydrogens is 522 g/mol. The number of halogens is 1. The van der Waals surface area contributed by atoms with E-state index in [4.69, 9.17) is 5.10 Å². The summed E-state index contributed by atoms with van der Waals surface area (Å²) in [5, 5.41) is 15.1. The van der Waals surface area contributed by atoms with Crippen LogP contribution in [0.3, 0.4) is 0 Å². The smallest absolute Gasteiger partial charge is 0.221 e. The minimum Gasteiger partial charge on any atom is -0.358 e. The van der Waals surface area contributed by atoms with Crippen LogP contribution in [0.5, 0.6) is 0 Å². The van der Waals surface area contributed by atoms with Gasteiger partial charge >= 0.3 is 0 Å². The van der Waals surface area contributed by atoms with E-state index in [0.29, 0.717) is 5.82 Å². The van der Waals surface area contributed by atoms with Gasteiger partial charge in [0.05, 0.1) is 5.69 Å². The third kappa shape index (κ3) is 4.09. The van der Waals surface area contributed by atoms with Gasteiger partial charge in [0.25, 0.3) is 0 Å². The number of rotatable bonds is 7. The molecule has 2 heterocycles. The van der Waals surface area contributed by atoms with Gasteiger partial charge in [-0.25, -0.2) is 0 Å². The van der Waals surface area contributed by atoms with E-state index in [2.05, 4.69) is 98.0 Å². The van der Waals surface area contributed by atoms with Gasteiger partial charge in [-0.2, -0.15) is 0 Å². The lowest BCUT2D eigenvalue weighted by molar-refractivity contribution is 0.395. The Balaban J connectivity index is 1.55. The zero-order valence-electron chi connectivity index (χ0n) is 20.0. The number of tetrazole rings is 1. The monoisotopic (exact) mass is 545 g/mol. The number of hydrogen-bond acceptors (Lipinski definition) is 3. The Kier molecular flexibility index (Phi) is 6.25. The molecular formula is C31H24BrN5. The molecule has 180 valence electrons. The van der Waals surface area contributed by atoms with Gasteiger partial charge in [-0.15, -0.1) is 15.0 Å². The lowest BCUT2D eigenvalue weighted by atomic mass is 9.77. The van der Waals surface area contributed by atoms with E-state index in [1.54, 1.807) is 4.80 Å². The van der Waals surface area contributed by atoms with Crippen LogP contribution >= 0.6 is 15.9 Å². The van der Waals surface area contributed by atoms with Crippen molar-refractivity contribution in [3.8, 4) is 22.6 Å².